The van der Waals surface area contributed by atoms with Crippen LogP contribution in [0.5, 0.6) is 0 Å². The Bertz CT molecular complexity index is 501. The lowest BCUT2D eigenvalue weighted by Crippen LogP contribution is -2.28. The Kier molecular flexibility index (Phi) is 6.52. The first kappa shape index (κ1) is 16.8. The maximum atomic E-state index is 11.6. The number of anilines is 2. The third-order valence-corrected chi connectivity index (χ3v) is 2.85. The quantitative estimate of drug-likeness (QED) is 0.525. The van der Waals surface area contributed by atoms with Gasteiger partial charge in [0.05, 0.1) is 24.0 Å². The van der Waals surface area contributed by atoms with Gasteiger partial charge < -0.3 is 21.1 Å². The molecule has 0 bridgehead atoms. The van der Waals surface area contributed by atoms with Crippen LogP contribution in [0.2, 0.25) is 0 Å². The van der Waals surface area contributed by atoms with Crippen molar-refractivity contribution in [3.63, 3.8) is 0 Å². The van der Waals surface area contributed by atoms with Crippen LogP contribution in [0.25, 0.3) is 0 Å². The summed E-state index contributed by atoms with van der Waals surface area (Å²) in [7, 11) is 1.32. The summed E-state index contributed by atoms with van der Waals surface area (Å²) in [5.41, 5.74) is 7.40. The van der Waals surface area contributed by atoms with Crippen molar-refractivity contribution in [2.45, 2.75) is 20.3 Å². The van der Waals surface area contributed by atoms with E-state index in [0.29, 0.717) is 42.4 Å². The minimum Gasteiger partial charge on any atom is -0.465 e. The van der Waals surface area contributed by atoms with Crippen molar-refractivity contribution in [3.8, 4) is 0 Å². The van der Waals surface area contributed by atoms with Crippen LogP contribution in [0.3, 0.4) is 0 Å². The second-order valence-corrected chi connectivity index (χ2v) is 5.17. The van der Waals surface area contributed by atoms with Crippen molar-refractivity contribution in [1.29, 1.82) is 0 Å². The Balaban J connectivity index is 2.45. The average molecular weight is 293 g/mol. The summed E-state index contributed by atoms with van der Waals surface area (Å²) in [4.78, 5) is 22.9. The van der Waals surface area contributed by atoms with Crippen LogP contribution in [0.4, 0.5) is 11.4 Å². The van der Waals surface area contributed by atoms with E-state index in [1.807, 2.05) is 13.8 Å². The number of benzene rings is 1. The molecule has 6 heteroatoms. The van der Waals surface area contributed by atoms with Gasteiger partial charge >= 0.3 is 5.97 Å². The lowest BCUT2D eigenvalue weighted by Gasteiger charge is -2.11. The molecule has 0 fully saturated rings. The topological polar surface area (TPSA) is 93.4 Å². The Morgan fingerprint density at radius 2 is 2.05 bits per heavy atom. The predicted molar refractivity (Wildman–Crippen MR) is 83.1 cm³/mol. The fourth-order valence-corrected chi connectivity index (χ4v) is 1.69. The molecular weight excluding hydrogens is 270 g/mol. The number of hydrogen-bond acceptors (Lipinski definition) is 5. The van der Waals surface area contributed by atoms with Gasteiger partial charge in [-0.2, -0.15) is 0 Å². The highest BCUT2D eigenvalue weighted by Crippen LogP contribution is 2.20. The monoisotopic (exact) mass is 293 g/mol. The number of esters is 1. The second kappa shape index (κ2) is 8.14. The van der Waals surface area contributed by atoms with Gasteiger partial charge in [0.2, 0.25) is 5.91 Å². The van der Waals surface area contributed by atoms with E-state index in [2.05, 4.69) is 15.4 Å². The third-order valence-electron chi connectivity index (χ3n) is 2.85. The van der Waals surface area contributed by atoms with E-state index >= 15 is 0 Å². The lowest BCUT2D eigenvalue weighted by atomic mass is 10.1. The summed E-state index contributed by atoms with van der Waals surface area (Å²) in [6.07, 6.45) is 0.366. The first-order valence-corrected chi connectivity index (χ1v) is 6.92. The fraction of sp³-hybridized carbons (Fsp3) is 0.467. The van der Waals surface area contributed by atoms with Crippen LogP contribution in [-0.4, -0.2) is 32.1 Å². The second-order valence-electron chi connectivity index (χ2n) is 5.17. The zero-order valence-corrected chi connectivity index (χ0v) is 12.7. The molecule has 0 aromatic heterocycles. The zero-order chi connectivity index (χ0) is 15.8. The molecule has 6 nitrogen and oxygen atoms in total. The molecule has 1 aromatic carbocycles. The Labute approximate surface area is 125 Å². The molecule has 21 heavy (non-hydrogen) atoms. The first-order chi connectivity index (χ1) is 9.93. The van der Waals surface area contributed by atoms with Gasteiger partial charge in [0.15, 0.2) is 0 Å². The van der Waals surface area contributed by atoms with E-state index in [1.54, 1.807) is 18.2 Å². The van der Waals surface area contributed by atoms with Crippen molar-refractivity contribution in [3.05, 3.63) is 23.8 Å². The number of methoxy groups -OCH3 is 1. The van der Waals surface area contributed by atoms with Crippen molar-refractivity contribution >= 4 is 23.3 Å². The summed E-state index contributed by atoms with van der Waals surface area (Å²) < 4.78 is 4.62. The molecule has 0 unspecified atom stereocenters. The maximum absolute atomic E-state index is 11.6. The third kappa shape index (κ3) is 5.72. The van der Waals surface area contributed by atoms with E-state index in [1.165, 1.54) is 7.11 Å². The summed E-state index contributed by atoms with van der Waals surface area (Å²) in [5, 5.41) is 5.92. The summed E-state index contributed by atoms with van der Waals surface area (Å²) in [6.45, 7) is 5.24. The van der Waals surface area contributed by atoms with Gasteiger partial charge in [-0.3, -0.25) is 4.79 Å². The van der Waals surface area contributed by atoms with Crippen LogP contribution in [0, 0.1) is 5.92 Å². The van der Waals surface area contributed by atoms with Gasteiger partial charge in [-0.1, -0.05) is 13.8 Å². The van der Waals surface area contributed by atoms with Crippen molar-refractivity contribution in [1.82, 2.24) is 5.32 Å². The standard InChI is InChI=1S/C15H23N3O3/c1-10(2)9-18-14(19)6-7-17-13-5-4-11(8-12(13)16)15(20)21-3/h4-5,8,10,17H,6-7,9,16H2,1-3H3,(H,18,19). The number of amides is 1. The van der Waals surface area contributed by atoms with Gasteiger partial charge in [-0.25, -0.2) is 4.79 Å². The lowest BCUT2D eigenvalue weighted by molar-refractivity contribution is -0.120. The van der Waals surface area contributed by atoms with Gasteiger partial charge in [0, 0.05) is 19.5 Å². The number of carbonyl (C=O) groups is 2. The van der Waals surface area contributed by atoms with Crippen molar-refractivity contribution in [2.75, 3.05) is 31.2 Å². The largest absolute Gasteiger partial charge is 0.465 e. The van der Waals surface area contributed by atoms with Gasteiger partial charge in [-0.05, 0) is 24.1 Å². The summed E-state index contributed by atoms with van der Waals surface area (Å²) in [5.74, 6) is 0.00526. The Hall–Kier alpha value is -2.24. The summed E-state index contributed by atoms with van der Waals surface area (Å²) in [6, 6.07) is 4.88. The van der Waals surface area contributed by atoms with Crippen LogP contribution in [-0.2, 0) is 9.53 Å². The van der Waals surface area contributed by atoms with E-state index in [0.717, 1.165) is 0 Å². The van der Waals surface area contributed by atoms with Crippen LogP contribution < -0.4 is 16.4 Å². The first-order valence-electron chi connectivity index (χ1n) is 6.92. The molecule has 0 atom stereocenters. The molecule has 1 amide bonds. The minimum absolute atomic E-state index is 0.000882. The molecule has 0 saturated heterocycles. The minimum atomic E-state index is -0.429. The number of nitrogens with two attached hydrogens (primary N) is 1. The van der Waals surface area contributed by atoms with Crippen molar-refractivity contribution < 1.29 is 14.3 Å². The van der Waals surface area contributed by atoms with Crippen LogP contribution in [0.15, 0.2) is 18.2 Å². The van der Waals surface area contributed by atoms with E-state index in [-0.39, 0.29) is 5.91 Å². The predicted octanol–water partition coefficient (Wildman–Crippen LogP) is 1.63. The Morgan fingerprint density at radius 1 is 1.33 bits per heavy atom. The Morgan fingerprint density at radius 3 is 2.62 bits per heavy atom. The highest BCUT2D eigenvalue weighted by molar-refractivity contribution is 5.91. The molecule has 0 aliphatic rings. The molecule has 116 valence electrons. The molecule has 0 radical (unpaired) electrons. The van der Waals surface area contributed by atoms with Crippen LogP contribution in [0.1, 0.15) is 30.6 Å². The maximum Gasteiger partial charge on any atom is 0.337 e. The smallest absolute Gasteiger partial charge is 0.337 e. The van der Waals surface area contributed by atoms with E-state index in [4.69, 9.17) is 5.73 Å². The molecule has 0 heterocycles. The molecule has 0 aliphatic carbocycles. The molecule has 0 saturated carbocycles. The van der Waals surface area contributed by atoms with Crippen LogP contribution >= 0.6 is 0 Å². The number of nitrogen functional groups attached to an aromatic ring is 1. The highest BCUT2D eigenvalue weighted by Gasteiger charge is 2.08. The molecule has 1 aromatic rings. The van der Waals surface area contributed by atoms with E-state index < -0.39 is 5.97 Å². The number of ether oxygens (including phenoxy) is 1. The van der Waals surface area contributed by atoms with Gasteiger partial charge in [0.1, 0.15) is 0 Å². The van der Waals surface area contributed by atoms with Gasteiger partial charge in [0.25, 0.3) is 0 Å². The highest BCUT2D eigenvalue weighted by atomic mass is 16.5. The molecule has 0 spiro atoms. The molecular formula is C15H23N3O3. The fourth-order valence-electron chi connectivity index (χ4n) is 1.69. The SMILES string of the molecule is COC(=O)c1ccc(NCCC(=O)NCC(C)C)c(N)c1. The van der Waals surface area contributed by atoms with E-state index in [9.17, 15) is 9.59 Å². The molecule has 4 N–H and O–H groups in total. The zero-order valence-electron chi connectivity index (χ0n) is 12.7. The molecule has 0 aliphatic heterocycles. The normalized spacial score (nSPS) is 10.3. The average Bonchev–Trinajstić information content (AvgIpc) is 2.45. The van der Waals surface area contributed by atoms with Crippen molar-refractivity contribution in [2.24, 2.45) is 5.92 Å². The molecule has 1 rings (SSSR count). The summed E-state index contributed by atoms with van der Waals surface area (Å²) >= 11 is 0. The number of hydrogen-bond donors (Lipinski definition) is 3. The number of carbonyl (C=O) groups excluding carboxylic acids is 2. The number of rotatable bonds is 7. The van der Waals surface area contributed by atoms with Gasteiger partial charge in [-0.15, -0.1) is 0 Å². The number of nitrogens with one attached hydrogen (secondary N) is 2.